The molecule has 1 aliphatic carbocycles. The van der Waals surface area contributed by atoms with Gasteiger partial charge in [0.1, 0.15) is 0 Å². The van der Waals surface area contributed by atoms with Gasteiger partial charge in [-0.1, -0.05) is 51.1 Å². The minimum atomic E-state index is 0.255. The summed E-state index contributed by atoms with van der Waals surface area (Å²) in [4.78, 5) is 0. The zero-order valence-corrected chi connectivity index (χ0v) is 13.5. The Morgan fingerprint density at radius 1 is 1.10 bits per heavy atom. The minimum Gasteiger partial charge on any atom is -0.311 e. The van der Waals surface area contributed by atoms with Crippen molar-refractivity contribution in [2.75, 3.05) is 7.05 Å². The molecule has 0 radical (unpaired) electrons. The van der Waals surface area contributed by atoms with Crippen molar-refractivity contribution in [3.8, 4) is 5.69 Å². The molecule has 0 spiro atoms. The Kier molecular flexibility index (Phi) is 3.17. The third kappa shape index (κ3) is 2.01. The van der Waals surface area contributed by atoms with Gasteiger partial charge in [0.25, 0.3) is 0 Å². The average molecular weight is 284 g/mol. The summed E-state index contributed by atoms with van der Waals surface area (Å²) in [5.41, 5.74) is 2.81. The first kappa shape index (κ1) is 14.3. The van der Waals surface area contributed by atoms with E-state index in [1.807, 2.05) is 36.1 Å². The predicted octanol–water partition coefficient (Wildman–Crippen LogP) is 3.21. The van der Waals surface area contributed by atoms with Crippen LogP contribution >= 0.6 is 0 Å². The number of para-hydroxylation sites is 1. The van der Waals surface area contributed by atoms with Gasteiger partial charge in [-0.2, -0.15) is 0 Å². The van der Waals surface area contributed by atoms with Crippen molar-refractivity contribution in [2.45, 2.75) is 33.7 Å². The number of nitrogens with one attached hydrogen (secondary N) is 1. The minimum absolute atomic E-state index is 0.255. The second-order valence-corrected chi connectivity index (χ2v) is 7.09. The maximum Gasteiger partial charge on any atom is 0.0818 e. The highest BCUT2D eigenvalue weighted by Crippen LogP contribution is 2.72. The summed E-state index contributed by atoms with van der Waals surface area (Å²) in [6.07, 6.45) is 1.89. The third-order valence-electron chi connectivity index (χ3n) is 5.67. The van der Waals surface area contributed by atoms with E-state index in [1.165, 1.54) is 0 Å². The average Bonchev–Trinajstić information content (AvgIpc) is 2.84. The standard InChI is InChI=1S/C17H24N4/c1-16(2)15(17(16,3)4)14(18-5)13-11-19-20-21(13)12-9-7-6-8-10-12/h6-11,14-15,18H,1-5H3. The van der Waals surface area contributed by atoms with Crippen LogP contribution in [0, 0.1) is 16.7 Å². The predicted molar refractivity (Wildman–Crippen MR) is 84.2 cm³/mol. The van der Waals surface area contributed by atoms with Crippen LogP contribution in [0.3, 0.4) is 0 Å². The second kappa shape index (κ2) is 4.67. The Bertz CT molecular complexity index is 613. The van der Waals surface area contributed by atoms with E-state index in [9.17, 15) is 0 Å². The Morgan fingerprint density at radius 2 is 1.71 bits per heavy atom. The Labute approximate surface area is 126 Å². The molecular formula is C17H24N4. The molecule has 1 saturated carbocycles. The highest BCUT2D eigenvalue weighted by molar-refractivity contribution is 5.33. The maximum atomic E-state index is 4.29. The van der Waals surface area contributed by atoms with Gasteiger partial charge < -0.3 is 5.32 Å². The lowest BCUT2D eigenvalue weighted by molar-refractivity contribution is 0.420. The molecule has 0 amide bonds. The Balaban J connectivity index is 2.00. The van der Waals surface area contributed by atoms with Gasteiger partial charge in [-0.05, 0) is 35.9 Å². The van der Waals surface area contributed by atoms with Crippen molar-refractivity contribution < 1.29 is 0 Å². The summed E-state index contributed by atoms with van der Waals surface area (Å²) < 4.78 is 1.95. The summed E-state index contributed by atoms with van der Waals surface area (Å²) in [5.74, 6) is 0.566. The highest BCUT2D eigenvalue weighted by Gasteiger charge is 2.67. The third-order valence-corrected chi connectivity index (χ3v) is 5.67. The normalized spacial score (nSPS) is 21.2. The van der Waals surface area contributed by atoms with Crippen LogP contribution in [-0.4, -0.2) is 22.0 Å². The van der Waals surface area contributed by atoms with E-state index >= 15 is 0 Å². The topological polar surface area (TPSA) is 42.7 Å². The van der Waals surface area contributed by atoms with E-state index in [0.29, 0.717) is 16.7 Å². The number of rotatable bonds is 4. The molecule has 1 unspecified atom stereocenters. The van der Waals surface area contributed by atoms with Crippen LogP contribution in [0.15, 0.2) is 36.5 Å². The van der Waals surface area contributed by atoms with Crippen molar-refractivity contribution in [1.82, 2.24) is 20.3 Å². The van der Waals surface area contributed by atoms with E-state index in [-0.39, 0.29) is 6.04 Å². The van der Waals surface area contributed by atoms with E-state index in [4.69, 9.17) is 0 Å². The highest BCUT2D eigenvalue weighted by atomic mass is 15.4. The van der Waals surface area contributed by atoms with Gasteiger partial charge in [-0.15, -0.1) is 5.10 Å². The molecule has 1 aromatic heterocycles. The summed E-state index contributed by atoms with van der Waals surface area (Å²) in [5, 5.41) is 11.9. The molecule has 1 atom stereocenters. The van der Waals surface area contributed by atoms with Gasteiger partial charge in [0, 0.05) is 0 Å². The molecule has 1 N–H and O–H groups in total. The van der Waals surface area contributed by atoms with E-state index in [2.05, 4.69) is 55.5 Å². The fourth-order valence-corrected chi connectivity index (χ4v) is 3.79. The lowest BCUT2D eigenvalue weighted by atomic mass is 10.0. The van der Waals surface area contributed by atoms with Gasteiger partial charge in [-0.25, -0.2) is 4.68 Å². The molecular weight excluding hydrogens is 260 g/mol. The van der Waals surface area contributed by atoms with Crippen molar-refractivity contribution in [2.24, 2.45) is 16.7 Å². The van der Waals surface area contributed by atoms with Gasteiger partial charge in [-0.3, -0.25) is 0 Å². The Hall–Kier alpha value is -1.68. The molecule has 1 heterocycles. The molecule has 1 aliphatic rings. The first-order valence-electron chi connectivity index (χ1n) is 7.54. The SMILES string of the molecule is CNC(c1cnnn1-c1ccccc1)C1C(C)(C)C1(C)C. The van der Waals surface area contributed by atoms with E-state index in [1.54, 1.807) is 0 Å². The number of benzene rings is 1. The first-order valence-corrected chi connectivity index (χ1v) is 7.54. The zero-order chi connectivity index (χ0) is 15.3. The monoisotopic (exact) mass is 284 g/mol. The van der Waals surface area contributed by atoms with Crippen molar-refractivity contribution in [3.05, 3.63) is 42.2 Å². The van der Waals surface area contributed by atoms with Gasteiger partial charge in [0.05, 0.1) is 23.6 Å². The fraction of sp³-hybridized carbons (Fsp3) is 0.529. The summed E-state index contributed by atoms with van der Waals surface area (Å²) in [6, 6.07) is 10.5. The molecule has 112 valence electrons. The van der Waals surface area contributed by atoms with Crippen molar-refractivity contribution in [1.29, 1.82) is 0 Å². The number of aromatic nitrogens is 3. The summed E-state index contributed by atoms with van der Waals surface area (Å²) in [6.45, 7) is 9.38. The summed E-state index contributed by atoms with van der Waals surface area (Å²) in [7, 11) is 2.03. The quantitative estimate of drug-likeness (QED) is 0.937. The van der Waals surface area contributed by atoms with Crippen molar-refractivity contribution in [3.63, 3.8) is 0 Å². The lowest BCUT2D eigenvalue weighted by Crippen LogP contribution is -2.24. The first-order chi connectivity index (χ1) is 9.91. The number of hydrogen-bond donors (Lipinski definition) is 1. The number of hydrogen-bond acceptors (Lipinski definition) is 3. The molecule has 3 rings (SSSR count). The van der Waals surface area contributed by atoms with Gasteiger partial charge in [0.15, 0.2) is 0 Å². The molecule has 0 aliphatic heterocycles. The summed E-state index contributed by atoms with van der Waals surface area (Å²) >= 11 is 0. The molecule has 1 aromatic carbocycles. The molecule has 2 aromatic rings. The van der Waals surface area contributed by atoms with Gasteiger partial charge in [0.2, 0.25) is 0 Å². The zero-order valence-electron chi connectivity index (χ0n) is 13.5. The van der Waals surface area contributed by atoms with Crippen molar-refractivity contribution >= 4 is 0 Å². The fourth-order valence-electron chi connectivity index (χ4n) is 3.79. The van der Waals surface area contributed by atoms with Gasteiger partial charge >= 0.3 is 0 Å². The Morgan fingerprint density at radius 3 is 2.24 bits per heavy atom. The molecule has 1 fully saturated rings. The second-order valence-electron chi connectivity index (χ2n) is 7.09. The van der Waals surface area contributed by atoms with Crippen LogP contribution < -0.4 is 5.32 Å². The molecule has 4 nitrogen and oxygen atoms in total. The van der Waals surface area contributed by atoms with E-state index in [0.717, 1.165) is 11.4 Å². The lowest BCUT2D eigenvalue weighted by Gasteiger charge is -2.19. The molecule has 0 saturated heterocycles. The van der Waals surface area contributed by atoms with Crippen LogP contribution in [0.25, 0.3) is 5.69 Å². The molecule has 0 bridgehead atoms. The van der Waals surface area contributed by atoms with E-state index < -0.39 is 0 Å². The molecule has 4 heteroatoms. The number of nitrogens with zero attached hydrogens (tertiary/aromatic N) is 3. The van der Waals surface area contributed by atoms with Crippen LogP contribution in [0.4, 0.5) is 0 Å². The maximum absolute atomic E-state index is 4.29. The smallest absolute Gasteiger partial charge is 0.0818 e. The van der Waals surface area contributed by atoms with Crippen LogP contribution in [-0.2, 0) is 0 Å². The van der Waals surface area contributed by atoms with Crippen LogP contribution in [0.5, 0.6) is 0 Å². The molecule has 21 heavy (non-hydrogen) atoms. The largest absolute Gasteiger partial charge is 0.311 e. The van der Waals surface area contributed by atoms with Crippen LogP contribution in [0.1, 0.15) is 39.4 Å². The van der Waals surface area contributed by atoms with Crippen LogP contribution in [0.2, 0.25) is 0 Å².